The van der Waals surface area contributed by atoms with Gasteiger partial charge in [0.05, 0.1) is 31.0 Å². The SMILES string of the molecule is COc1cc(C=Nc2ccc(N3CCOCC3)cc2)cc(Cl)c1OCc1ccc2ccccc2c1. The number of nitrogens with zero attached hydrogens (tertiary/aromatic N) is 2. The predicted molar refractivity (Wildman–Crippen MR) is 143 cm³/mol. The minimum absolute atomic E-state index is 0.393. The molecule has 0 spiro atoms. The van der Waals surface area contributed by atoms with Crippen molar-refractivity contribution >= 4 is 40.0 Å². The first kappa shape index (κ1) is 23.2. The van der Waals surface area contributed by atoms with Crippen LogP contribution in [0, 0.1) is 0 Å². The molecule has 0 unspecified atom stereocenters. The normalized spacial score (nSPS) is 13.9. The van der Waals surface area contributed by atoms with Gasteiger partial charge in [0.1, 0.15) is 6.61 Å². The van der Waals surface area contributed by atoms with Gasteiger partial charge in [-0.25, -0.2) is 0 Å². The molecule has 0 bridgehead atoms. The van der Waals surface area contributed by atoms with Crippen molar-refractivity contribution < 1.29 is 14.2 Å². The van der Waals surface area contributed by atoms with Gasteiger partial charge in [0.15, 0.2) is 11.5 Å². The molecule has 1 saturated heterocycles. The lowest BCUT2D eigenvalue weighted by Gasteiger charge is -2.28. The van der Waals surface area contributed by atoms with Crippen LogP contribution in [0.15, 0.2) is 83.9 Å². The van der Waals surface area contributed by atoms with Crippen molar-refractivity contribution in [3.8, 4) is 11.5 Å². The summed E-state index contributed by atoms with van der Waals surface area (Å²) in [4.78, 5) is 6.93. The largest absolute Gasteiger partial charge is 0.493 e. The van der Waals surface area contributed by atoms with Crippen LogP contribution in [-0.4, -0.2) is 39.6 Å². The Labute approximate surface area is 210 Å². The van der Waals surface area contributed by atoms with E-state index in [1.54, 1.807) is 13.3 Å². The quantitative estimate of drug-likeness (QED) is 0.274. The average molecular weight is 487 g/mol. The smallest absolute Gasteiger partial charge is 0.180 e. The molecule has 6 heteroatoms. The number of ether oxygens (including phenoxy) is 3. The molecule has 1 fully saturated rings. The molecule has 0 aromatic heterocycles. The molecule has 0 radical (unpaired) electrons. The van der Waals surface area contributed by atoms with Crippen LogP contribution in [0.2, 0.25) is 5.02 Å². The lowest BCUT2D eigenvalue weighted by Crippen LogP contribution is -2.36. The average Bonchev–Trinajstić information content (AvgIpc) is 2.91. The Bertz CT molecular complexity index is 1330. The molecular formula is C29H27ClN2O3. The van der Waals surface area contributed by atoms with Gasteiger partial charge in [0.25, 0.3) is 0 Å². The van der Waals surface area contributed by atoms with Crippen molar-refractivity contribution in [3.05, 3.63) is 95.0 Å². The summed E-state index contributed by atoms with van der Waals surface area (Å²) in [6.07, 6.45) is 1.78. The first-order valence-corrected chi connectivity index (χ1v) is 12.0. The summed E-state index contributed by atoms with van der Waals surface area (Å²) >= 11 is 6.58. The summed E-state index contributed by atoms with van der Waals surface area (Å²) < 4.78 is 17.1. The van der Waals surface area contributed by atoms with Crippen LogP contribution in [0.5, 0.6) is 11.5 Å². The first-order valence-electron chi connectivity index (χ1n) is 11.6. The van der Waals surface area contributed by atoms with Gasteiger partial charge in [0.2, 0.25) is 0 Å². The highest BCUT2D eigenvalue weighted by atomic mass is 35.5. The Morgan fingerprint density at radius 1 is 0.943 bits per heavy atom. The number of aliphatic imine (C=N–C) groups is 1. The van der Waals surface area contributed by atoms with Gasteiger partial charge in [-0.3, -0.25) is 4.99 Å². The van der Waals surface area contributed by atoms with Crippen LogP contribution in [0.3, 0.4) is 0 Å². The Morgan fingerprint density at radius 2 is 1.71 bits per heavy atom. The van der Waals surface area contributed by atoms with Crippen LogP contribution < -0.4 is 14.4 Å². The number of hydrogen-bond donors (Lipinski definition) is 0. The van der Waals surface area contributed by atoms with Gasteiger partial charge in [-0.2, -0.15) is 0 Å². The summed E-state index contributed by atoms with van der Waals surface area (Å²) in [5, 5.41) is 2.86. The summed E-state index contributed by atoms with van der Waals surface area (Å²) in [5.74, 6) is 1.09. The molecule has 35 heavy (non-hydrogen) atoms. The molecule has 0 saturated carbocycles. The number of anilines is 1. The van der Waals surface area contributed by atoms with E-state index >= 15 is 0 Å². The standard InChI is InChI=1S/C29H27ClN2O3/c1-33-28-18-22(19-31-25-8-10-26(11-9-25)32-12-14-34-15-13-32)17-27(30)29(28)35-20-21-6-7-23-4-2-3-5-24(23)16-21/h2-11,16-19H,12-15,20H2,1H3. The Balaban J connectivity index is 1.28. The van der Waals surface area contributed by atoms with Gasteiger partial charge >= 0.3 is 0 Å². The number of hydrogen-bond acceptors (Lipinski definition) is 5. The monoisotopic (exact) mass is 486 g/mol. The third kappa shape index (κ3) is 5.59. The van der Waals surface area contributed by atoms with Crippen molar-refractivity contribution in [3.63, 3.8) is 0 Å². The maximum atomic E-state index is 6.58. The highest BCUT2D eigenvalue weighted by Crippen LogP contribution is 2.37. The lowest BCUT2D eigenvalue weighted by molar-refractivity contribution is 0.122. The summed E-state index contributed by atoms with van der Waals surface area (Å²) in [6, 6.07) is 26.5. The van der Waals surface area contributed by atoms with Gasteiger partial charge < -0.3 is 19.1 Å². The molecule has 4 aromatic rings. The van der Waals surface area contributed by atoms with E-state index in [-0.39, 0.29) is 0 Å². The number of fused-ring (bicyclic) bond motifs is 1. The van der Waals surface area contributed by atoms with Gasteiger partial charge in [-0.15, -0.1) is 0 Å². The lowest BCUT2D eigenvalue weighted by atomic mass is 10.1. The van der Waals surface area contributed by atoms with E-state index in [1.165, 1.54) is 16.5 Å². The minimum Gasteiger partial charge on any atom is -0.493 e. The number of morpholine rings is 1. The van der Waals surface area contributed by atoms with E-state index in [1.807, 2.05) is 36.4 Å². The second kappa shape index (κ2) is 10.8. The topological polar surface area (TPSA) is 43.3 Å². The highest BCUT2D eigenvalue weighted by molar-refractivity contribution is 6.32. The summed E-state index contributed by atoms with van der Waals surface area (Å²) in [5.41, 5.74) is 3.95. The maximum absolute atomic E-state index is 6.58. The third-order valence-electron chi connectivity index (χ3n) is 6.04. The van der Waals surface area contributed by atoms with Crippen molar-refractivity contribution in [2.24, 2.45) is 4.99 Å². The van der Waals surface area contributed by atoms with E-state index < -0.39 is 0 Å². The number of benzene rings is 4. The molecule has 0 amide bonds. The third-order valence-corrected chi connectivity index (χ3v) is 6.32. The summed E-state index contributed by atoms with van der Waals surface area (Å²) in [7, 11) is 1.61. The number of rotatable bonds is 7. The van der Waals surface area contributed by atoms with E-state index in [9.17, 15) is 0 Å². The number of methoxy groups -OCH3 is 1. The molecular weight excluding hydrogens is 460 g/mol. The highest BCUT2D eigenvalue weighted by Gasteiger charge is 2.13. The fourth-order valence-corrected chi connectivity index (χ4v) is 4.43. The predicted octanol–water partition coefficient (Wildman–Crippen LogP) is 6.67. The van der Waals surface area contributed by atoms with Crippen molar-refractivity contribution in [1.29, 1.82) is 0 Å². The van der Waals surface area contributed by atoms with E-state index in [0.717, 1.165) is 43.1 Å². The summed E-state index contributed by atoms with van der Waals surface area (Å²) in [6.45, 7) is 3.76. The van der Waals surface area contributed by atoms with E-state index in [2.05, 4.69) is 52.4 Å². The van der Waals surface area contributed by atoms with Crippen molar-refractivity contribution in [2.75, 3.05) is 38.3 Å². The first-order chi connectivity index (χ1) is 17.2. The van der Waals surface area contributed by atoms with Crippen LogP contribution in [0.4, 0.5) is 11.4 Å². The van der Waals surface area contributed by atoms with Crippen LogP contribution in [0.25, 0.3) is 10.8 Å². The minimum atomic E-state index is 0.393. The van der Waals surface area contributed by atoms with Crippen LogP contribution in [0.1, 0.15) is 11.1 Å². The van der Waals surface area contributed by atoms with Crippen LogP contribution in [-0.2, 0) is 11.3 Å². The van der Waals surface area contributed by atoms with Crippen LogP contribution >= 0.6 is 11.6 Å². The zero-order valence-electron chi connectivity index (χ0n) is 19.6. The molecule has 1 aliphatic heterocycles. The molecule has 4 aromatic carbocycles. The molecule has 1 heterocycles. The molecule has 0 atom stereocenters. The molecule has 178 valence electrons. The molecule has 0 N–H and O–H groups in total. The zero-order chi connectivity index (χ0) is 24.0. The Kier molecular flexibility index (Phi) is 7.17. The maximum Gasteiger partial charge on any atom is 0.180 e. The molecule has 5 rings (SSSR count). The Morgan fingerprint density at radius 3 is 2.49 bits per heavy atom. The van der Waals surface area contributed by atoms with Gasteiger partial charge in [-0.05, 0) is 64.4 Å². The van der Waals surface area contributed by atoms with E-state index in [4.69, 9.17) is 25.8 Å². The molecule has 5 nitrogen and oxygen atoms in total. The molecule has 1 aliphatic rings. The molecule has 0 aliphatic carbocycles. The fraction of sp³-hybridized carbons (Fsp3) is 0.207. The van der Waals surface area contributed by atoms with Crippen molar-refractivity contribution in [2.45, 2.75) is 6.61 Å². The van der Waals surface area contributed by atoms with Crippen molar-refractivity contribution in [1.82, 2.24) is 0 Å². The number of halogens is 1. The van der Waals surface area contributed by atoms with Gasteiger partial charge in [0, 0.05) is 25.0 Å². The Hall–Kier alpha value is -3.54. The second-order valence-electron chi connectivity index (χ2n) is 8.38. The zero-order valence-corrected chi connectivity index (χ0v) is 20.4. The van der Waals surface area contributed by atoms with Gasteiger partial charge in [-0.1, -0.05) is 48.0 Å². The fourth-order valence-electron chi connectivity index (χ4n) is 4.16. The second-order valence-corrected chi connectivity index (χ2v) is 8.79. The van der Waals surface area contributed by atoms with E-state index in [0.29, 0.717) is 23.1 Å².